The normalized spacial score (nSPS) is 11.2. The topological polar surface area (TPSA) is 55.6 Å². The zero-order valence-electron chi connectivity index (χ0n) is 12.3. The first-order chi connectivity index (χ1) is 8.80. The number of carbonyl (C=O) groups is 1. The van der Waals surface area contributed by atoms with Crippen molar-refractivity contribution in [2.75, 3.05) is 13.7 Å². The molecule has 0 aliphatic rings. The fourth-order valence-electron chi connectivity index (χ4n) is 1.64. The highest BCUT2D eigenvalue weighted by Gasteiger charge is 2.12. The van der Waals surface area contributed by atoms with Gasteiger partial charge in [-0.25, -0.2) is 5.84 Å². The van der Waals surface area contributed by atoms with Crippen LogP contribution in [-0.2, 0) is 10.2 Å². The second-order valence-corrected chi connectivity index (χ2v) is 5.73. The van der Waals surface area contributed by atoms with Gasteiger partial charge < -0.3 is 4.74 Å². The summed E-state index contributed by atoms with van der Waals surface area (Å²) in [6.45, 7) is 7.06. The van der Waals surface area contributed by atoms with E-state index in [1.807, 2.05) is 12.1 Å². The maximum absolute atomic E-state index is 11.3. The minimum atomic E-state index is -0.0771. The summed E-state index contributed by atoms with van der Waals surface area (Å²) < 4.78 is 5.59. The number of hydrogen-bond donors (Lipinski definition) is 1. The van der Waals surface area contributed by atoms with E-state index >= 15 is 0 Å². The van der Waals surface area contributed by atoms with E-state index in [2.05, 4.69) is 32.9 Å². The molecule has 4 nitrogen and oxygen atoms in total. The van der Waals surface area contributed by atoms with Crippen molar-refractivity contribution in [2.45, 2.75) is 39.0 Å². The molecule has 0 radical (unpaired) electrons. The standard InChI is InChI=1S/C15H24N2O2/c1-15(2,3)12-7-9-13(10-8-12)19-11-5-6-14(18)17(4)16/h7-10H,5-6,11,16H2,1-4H3. The SMILES string of the molecule is CN(N)C(=O)CCCOc1ccc(C(C)(C)C)cc1. The molecule has 2 N–H and O–H groups in total. The van der Waals surface area contributed by atoms with Crippen molar-refractivity contribution in [1.82, 2.24) is 5.01 Å². The van der Waals surface area contributed by atoms with Gasteiger partial charge in [-0.3, -0.25) is 9.80 Å². The molecule has 0 bridgehead atoms. The van der Waals surface area contributed by atoms with Crippen LogP contribution in [0.3, 0.4) is 0 Å². The van der Waals surface area contributed by atoms with E-state index in [9.17, 15) is 4.79 Å². The maximum atomic E-state index is 11.3. The maximum Gasteiger partial charge on any atom is 0.236 e. The van der Waals surface area contributed by atoms with Gasteiger partial charge in [-0.15, -0.1) is 0 Å². The molecule has 0 saturated carbocycles. The summed E-state index contributed by atoms with van der Waals surface area (Å²) in [7, 11) is 1.55. The highest BCUT2D eigenvalue weighted by molar-refractivity contribution is 5.75. The van der Waals surface area contributed by atoms with Crippen LogP contribution in [0.1, 0.15) is 39.2 Å². The Kier molecular flexibility index (Phi) is 5.36. The Morgan fingerprint density at radius 2 is 1.84 bits per heavy atom. The molecular formula is C15H24N2O2. The van der Waals surface area contributed by atoms with Gasteiger partial charge in [0, 0.05) is 13.5 Å². The first-order valence-corrected chi connectivity index (χ1v) is 6.55. The van der Waals surface area contributed by atoms with Crippen LogP contribution in [0, 0.1) is 0 Å². The average Bonchev–Trinajstić information content (AvgIpc) is 2.33. The van der Waals surface area contributed by atoms with E-state index in [-0.39, 0.29) is 11.3 Å². The van der Waals surface area contributed by atoms with Crippen molar-refractivity contribution in [1.29, 1.82) is 0 Å². The number of rotatable bonds is 5. The molecule has 0 aliphatic carbocycles. The second-order valence-electron chi connectivity index (χ2n) is 5.73. The molecule has 0 unspecified atom stereocenters. The Bertz CT molecular complexity index is 405. The van der Waals surface area contributed by atoms with Gasteiger partial charge in [0.2, 0.25) is 5.91 Å². The molecule has 1 aromatic carbocycles. The Morgan fingerprint density at radius 3 is 2.32 bits per heavy atom. The highest BCUT2D eigenvalue weighted by Crippen LogP contribution is 2.24. The van der Waals surface area contributed by atoms with Gasteiger partial charge in [0.25, 0.3) is 0 Å². The summed E-state index contributed by atoms with van der Waals surface area (Å²) in [5.74, 6) is 6.09. The third kappa shape index (κ3) is 5.30. The van der Waals surface area contributed by atoms with Gasteiger partial charge >= 0.3 is 0 Å². The number of nitrogens with two attached hydrogens (primary N) is 1. The number of nitrogens with zero attached hydrogens (tertiary/aromatic N) is 1. The zero-order valence-corrected chi connectivity index (χ0v) is 12.3. The van der Waals surface area contributed by atoms with E-state index in [1.165, 1.54) is 5.56 Å². The Hall–Kier alpha value is -1.55. The van der Waals surface area contributed by atoms with Crippen LogP contribution in [0.4, 0.5) is 0 Å². The first kappa shape index (κ1) is 15.5. The van der Waals surface area contributed by atoms with Gasteiger partial charge in [0.05, 0.1) is 6.61 Å². The van der Waals surface area contributed by atoms with Crippen LogP contribution in [0.15, 0.2) is 24.3 Å². The highest BCUT2D eigenvalue weighted by atomic mass is 16.5. The van der Waals surface area contributed by atoms with E-state index in [1.54, 1.807) is 7.05 Å². The zero-order chi connectivity index (χ0) is 14.5. The van der Waals surface area contributed by atoms with Crippen LogP contribution in [-0.4, -0.2) is 24.6 Å². The lowest BCUT2D eigenvalue weighted by Crippen LogP contribution is -2.33. The summed E-state index contributed by atoms with van der Waals surface area (Å²) in [5, 5.41) is 1.11. The number of hydrogen-bond acceptors (Lipinski definition) is 3. The second kappa shape index (κ2) is 6.57. The van der Waals surface area contributed by atoms with Crippen molar-refractivity contribution in [3.8, 4) is 5.75 Å². The molecule has 1 amide bonds. The van der Waals surface area contributed by atoms with Gasteiger partial charge in [0.15, 0.2) is 0 Å². The molecule has 19 heavy (non-hydrogen) atoms. The molecule has 0 heterocycles. The van der Waals surface area contributed by atoms with Gasteiger partial charge in [-0.2, -0.15) is 0 Å². The third-order valence-corrected chi connectivity index (χ3v) is 2.92. The lowest BCUT2D eigenvalue weighted by atomic mass is 9.87. The lowest BCUT2D eigenvalue weighted by Gasteiger charge is -2.19. The molecule has 0 saturated heterocycles. The molecule has 1 rings (SSSR count). The summed E-state index contributed by atoms with van der Waals surface area (Å²) >= 11 is 0. The minimum Gasteiger partial charge on any atom is -0.494 e. The summed E-state index contributed by atoms with van der Waals surface area (Å²) in [4.78, 5) is 11.3. The predicted octanol–water partition coefficient (Wildman–Crippen LogP) is 2.48. The number of ether oxygens (including phenoxy) is 1. The van der Waals surface area contributed by atoms with E-state index in [0.29, 0.717) is 19.4 Å². The van der Waals surface area contributed by atoms with Crippen molar-refractivity contribution < 1.29 is 9.53 Å². The lowest BCUT2D eigenvalue weighted by molar-refractivity contribution is -0.130. The largest absolute Gasteiger partial charge is 0.494 e. The molecule has 0 aliphatic heterocycles. The van der Waals surface area contributed by atoms with Crippen molar-refractivity contribution in [3.05, 3.63) is 29.8 Å². The number of carbonyl (C=O) groups excluding carboxylic acids is 1. The smallest absolute Gasteiger partial charge is 0.236 e. The summed E-state index contributed by atoms with van der Waals surface area (Å²) in [6.07, 6.45) is 1.08. The quantitative estimate of drug-likeness (QED) is 0.385. The minimum absolute atomic E-state index is 0.0771. The molecule has 0 atom stereocenters. The van der Waals surface area contributed by atoms with Gasteiger partial charge in [0.1, 0.15) is 5.75 Å². The fourth-order valence-corrected chi connectivity index (χ4v) is 1.64. The van der Waals surface area contributed by atoms with E-state index in [0.717, 1.165) is 10.8 Å². The van der Waals surface area contributed by atoms with Crippen molar-refractivity contribution >= 4 is 5.91 Å². The summed E-state index contributed by atoms with van der Waals surface area (Å²) in [6, 6.07) is 8.09. The van der Waals surface area contributed by atoms with Crippen molar-refractivity contribution in [2.24, 2.45) is 5.84 Å². The molecule has 0 fully saturated rings. The molecule has 4 heteroatoms. The molecule has 0 spiro atoms. The van der Waals surface area contributed by atoms with Crippen LogP contribution in [0.2, 0.25) is 0 Å². The molecular weight excluding hydrogens is 240 g/mol. The third-order valence-electron chi connectivity index (χ3n) is 2.92. The van der Waals surface area contributed by atoms with Crippen LogP contribution in [0.5, 0.6) is 5.75 Å². The number of amides is 1. The Labute approximate surface area is 115 Å². The number of benzene rings is 1. The Morgan fingerprint density at radius 1 is 1.26 bits per heavy atom. The monoisotopic (exact) mass is 264 g/mol. The molecule has 0 aromatic heterocycles. The van der Waals surface area contributed by atoms with Gasteiger partial charge in [-0.05, 0) is 29.5 Å². The van der Waals surface area contributed by atoms with Gasteiger partial charge in [-0.1, -0.05) is 32.9 Å². The van der Waals surface area contributed by atoms with Crippen molar-refractivity contribution in [3.63, 3.8) is 0 Å². The Balaban J connectivity index is 2.37. The summed E-state index contributed by atoms with van der Waals surface area (Å²) in [5.41, 5.74) is 1.43. The van der Waals surface area contributed by atoms with E-state index in [4.69, 9.17) is 10.6 Å². The van der Waals surface area contributed by atoms with Crippen LogP contribution in [0.25, 0.3) is 0 Å². The number of hydrazine groups is 1. The molecule has 1 aromatic rings. The van der Waals surface area contributed by atoms with Crippen LogP contribution >= 0.6 is 0 Å². The predicted molar refractivity (Wildman–Crippen MR) is 76.8 cm³/mol. The van der Waals surface area contributed by atoms with E-state index < -0.39 is 0 Å². The van der Waals surface area contributed by atoms with Crippen LogP contribution < -0.4 is 10.6 Å². The fraction of sp³-hybridized carbons (Fsp3) is 0.533. The first-order valence-electron chi connectivity index (χ1n) is 6.55. The molecule has 106 valence electrons. The average molecular weight is 264 g/mol.